The second-order valence-corrected chi connectivity index (χ2v) is 9.22. The number of carbonyl (C=O) groups excluding carboxylic acids is 2. The summed E-state index contributed by atoms with van der Waals surface area (Å²) in [6, 6.07) is -0.645. The number of amides is 3. The molecule has 0 aliphatic carbocycles. The van der Waals surface area contributed by atoms with E-state index in [1.54, 1.807) is 0 Å². The molecule has 0 aromatic heterocycles. The molecule has 3 fully saturated rings. The lowest BCUT2D eigenvalue weighted by atomic mass is 10.0. The number of nitrogens with zero attached hydrogens (tertiary/aromatic N) is 7. The Hall–Kier alpha value is -3.29. The highest BCUT2D eigenvalue weighted by Crippen LogP contribution is 2.20. The van der Waals surface area contributed by atoms with Crippen molar-refractivity contribution in [3.05, 3.63) is 0 Å². The maximum absolute atomic E-state index is 12.9. The highest BCUT2D eigenvalue weighted by Gasteiger charge is 2.42. The lowest BCUT2D eigenvalue weighted by Gasteiger charge is -2.44. The number of carboxylic acids is 1. The monoisotopic (exact) mass is 538 g/mol. The van der Waals surface area contributed by atoms with Gasteiger partial charge < -0.3 is 41.5 Å². The lowest BCUT2D eigenvalue weighted by Crippen LogP contribution is -2.63. The molecule has 0 radical (unpaired) electrons. The van der Waals surface area contributed by atoms with Crippen molar-refractivity contribution in [2.75, 3.05) is 78.7 Å². The third-order valence-electron chi connectivity index (χ3n) is 6.59. The summed E-state index contributed by atoms with van der Waals surface area (Å²) >= 11 is 0. The normalized spacial score (nSPS) is 21.5. The van der Waals surface area contributed by atoms with E-state index in [0.29, 0.717) is 45.9 Å². The maximum Gasteiger partial charge on any atom is 0.327 e. The van der Waals surface area contributed by atoms with Gasteiger partial charge in [-0.15, -0.1) is 0 Å². The van der Waals surface area contributed by atoms with Crippen LogP contribution in [0.3, 0.4) is 0 Å². The molecule has 0 unspecified atom stereocenters. The number of hydrogen-bond acceptors (Lipinski definition) is 8. The summed E-state index contributed by atoms with van der Waals surface area (Å²) in [5.74, 6) is 0.0665. The van der Waals surface area contributed by atoms with E-state index in [0.717, 1.165) is 51.5 Å². The summed E-state index contributed by atoms with van der Waals surface area (Å²) in [5.41, 5.74) is 10.0. The van der Waals surface area contributed by atoms with Gasteiger partial charge >= 0.3 is 12.0 Å². The molecule has 1 atom stereocenters. The first-order valence-corrected chi connectivity index (χ1v) is 13.7. The number of aliphatic imine (C=N–C) groups is 2. The fourth-order valence-corrected chi connectivity index (χ4v) is 4.43. The molecule has 4 rings (SSSR count). The van der Waals surface area contributed by atoms with Gasteiger partial charge in [-0.05, 0) is 12.8 Å². The van der Waals surface area contributed by atoms with Crippen molar-refractivity contribution in [1.29, 1.82) is 0 Å². The molecule has 0 saturated carbocycles. The van der Waals surface area contributed by atoms with Gasteiger partial charge in [-0.2, -0.15) is 0 Å². The predicted molar refractivity (Wildman–Crippen MR) is 147 cm³/mol. The van der Waals surface area contributed by atoms with Gasteiger partial charge in [0, 0.05) is 72.0 Å². The summed E-state index contributed by atoms with van der Waals surface area (Å²) in [7, 11) is 0. The molecule has 4 aliphatic rings. The van der Waals surface area contributed by atoms with Crippen LogP contribution in [0, 0.1) is 0 Å². The van der Waals surface area contributed by atoms with E-state index in [-0.39, 0.29) is 24.3 Å². The number of guanidine groups is 2. The number of nitrogens with two attached hydrogens (primary N) is 2. The molecule has 216 valence electrons. The van der Waals surface area contributed by atoms with E-state index in [1.165, 1.54) is 4.90 Å². The van der Waals surface area contributed by atoms with E-state index in [4.69, 9.17) is 16.6 Å². The zero-order chi connectivity index (χ0) is 28.1. The van der Waals surface area contributed by atoms with E-state index in [1.807, 2.05) is 35.5 Å². The van der Waals surface area contributed by atoms with Crippen molar-refractivity contribution in [2.45, 2.75) is 46.1 Å². The molecule has 0 aromatic rings. The largest absolute Gasteiger partial charge is 0.480 e. The zero-order valence-corrected chi connectivity index (χ0v) is 23.1. The first-order chi connectivity index (χ1) is 18.3. The van der Waals surface area contributed by atoms with Crippen molar-refractivity contribution in [3.63, 3.8) is 0 Å². The van der Waals surface area contributed by atoms with Crippen LogP contribution in [0.2, 0.25) is 0 Å². The standard InChI is InChI=1S/C18H29N7O4.C4H11N3.C2H6/c26-15-12-14(16(27)28)25(15)13-21-4-6-23(7-5-21)18(29)24-10-8-22(9-11-24)17-19-2-1-3-20-17;1-2-3-7-4(5)6;1-2/h14H,1-13H2,(H,19,20)(H,27,28);2-3H2,1H3,(H4,5,6,7);1-2H3/t14-;;/m0../s1. The topological polar surface area (TPSA) is 176 Å². The molecule has 14 heteroatoms. The second kappa shape index (κ2) is 15.8. The van der Waals surface area contributed by atoms with Crippen LogP contribution in [-0.2, 0) is 9.59 Å². The number of aliphatic carboxylic acids is 1. The quantitative estimate of drug-likeness (QED) is 0.195. The van der Waals surface area contributed by atoms with Gasteiger partial charge in [0.1, 0.15) is 6.04 Å². The van der Waals surface area contributed by atoms with Crippen molar-refractivity contribution < 1.29 is 19.5 Å². The van der Waals surface area contributed by atoms with Gasteiger partial charge in [-0.25, -0.2) is 9.59 Å². The molecule has 0 spiro atoms. The predicted octanol–water partition coefficient (Wildman–Crippen LogP) is -0.970. The minimum absolute atomic E-state index is 0.0614. The van der Waals surface area contributed by atoms with Crippen LogP contribution in [-0.4, -0.2) is 144 Å². The van der Waals surface area contributed by atoms with Crippen LogP contribution >= 0.6 is 0 Å². The minimum Gasteiger partial charge on any atom is -0.480 e. The number of β-lactam (4-membered cyclic amide) rings is 1. The van der Waals surface area contributed by atoms with Crippen LogP contribution in [0.4, 0.5) is 4.79 Å². The number of piperazine rings is 2. The van der Waals surface area contributed by atoms with E-state index < -0.39 is 12.0 Å². The van der Waals surface area contributed by atoms with Crippen molar-refractivity contribution in [1.82, 2.24) is 29.8 Å². The fourth-order valence-electron chi connectivity index (χ4n) is 4.43. The Bertz CT molecular complexity index is 832. The van der Waals surface area contributed by atoms with Crippen LogP contribution in [0.1, 0.15) is 40.0 Å². The SMILES string of the molecule is CC.CCCN=C(N)N.O=C(O)[C@@H]1CC(=O)N1CN1CCN(C(=O)N2CCN(C3=NCCCN3)CC2)CC1. The summed E-state index contributed by atoms with van der Waals surface area (Å²) in [4.78, 5) is 53.3. The smallest absolute Gasteiger partial charge is 0.327 e. The van der Waals surface area contributed by atoms with Gasteiger partial charge in [-0.1, -0.05) is 20.8 Å². The molecule has 3 saturated heterocycles. The van der Waals surface area contributed by atoms with Crippen molar-refractivity contribution in [2.24, 2.45) is 21.5 Å². The third-order valence-corrected chi connectivity index (χ3v) is 6.59. The molecule has 0 bridgehead atoms. The lowest BCUT2D eigenvalue weighted by molar-refractivity contribution is -0.165. The zero-order valence-electron chi connectivity index (χ0n) is 23.1. The van der Waals surface area contributed by atoms with Gasteiger partial charge in [0.05, 0.1) is 13.1 Å². The van der Waals surface area contributed by atoms with Crippen molar-refractivity contribution in [3.8, 4) is 0 Å². The number of nitrogens with one attached hydrogen (secondary N) is 1. The molecular weight excluding hydrogens is 492 g/mol. The minimum atomic E-state index is -0.952. The number of rotatable bonds is 5. The molecule has 38 heavy (non-hydrogen) atoms. The Morgan fingerprint density at radius 3 is 2.11 bits per heavy atom. The van der Waals surface area contributed by atoms with Gasteiger partial charge in [-0.3, -0.25) is 19.7 Å². The average Bonchev–Trinajstić information content (AvgIpc) is 2.95. The molecule has 3 amide bonds. The molecular formula is C24H46N10O4. The maximum atomic E-state index is 12.9. The number of likely N-dealkylation sites (tertiary alicyclic amines) is 1. The molecule has 4 heterocycles. The van der Waals surface area contributed by atoms with Gasteiger partial charge in [0.25, 0.3) is 0 Å². The van der Waals surface area contributed by atoms with E-state index >= 15 is 0 Å². The molecule has 6 N–H and O–H groups in total. The Kier molecular flexibility index (Phi) is 12.9. The van der Waals surface area contributed by atoms with Gasteiger partial charge in [0.2, 0.25) is 5.91 Å². The Morgan fingerprint density at radius 1 is 1.05 bits per heavy atom. The number of carbonyl (C=O) groups is 3. The summed E-state index contributed by atoms with van der Waals surface area (Å²) in [5, 5.41) is 12.5. The highest BCUT2D eigenvalue weighted by atomic mass is 16.4. The van der Waals surface area contributed by atoms with Crippen LogP contribution < -0.4 is 16.8 Å². The van der Waals surface area contributed by atoms with Crippen molar-refractivity contribution >= 4 is 29.8 Å². The number of carboxylic acid groups (broad SMARTS) is 1. The number of urea groups is 1. The number of hydrogen-bond donors (Lipinski definition) is 4. The highest BCUT2D eigenvalue weighted by molar-refractivity contribution is 5.94. The third kappa shape index (κ3) is 8.92. The van der Waals surface area contributed by atoms with Crippen LogP contribution in [0.5, 0.6) is 0 Å². The van der Waals surface area contributed by atoms with E-state index in [2.05, 4.69) is 20.2 Å². The Balaban J connectivity index is 0.000000491. The average molecular weight is 539 g/mol. The molecule has 0 aromatic carbocycles. The van der Waals surface area contributed by atoms with Gasteiger partial charge in [0.15, 0.2) is 11.9 Å². The van der Waals surface area contributed by atoms with Crippen LogP contribution in [0.25, 0.3) is 0 Å². The van der Waals surface area contributed by atoms with Crippen LogP contribution in [0.15, 0.2) is 9.98 Å². The Morgan fingerprint density at radius 2 is 1.66 bits per heavy atom. The molecule has 4 aliphatic heterocycles. The summed E-state index contributed by atoms with van der Waals surface area (Å²) < 4.78 is 0. The Labute approximate surface area is 225 Å². The first kappa shape index (κ1) is 30.9. The fraction of sp³-hybridized carbons (Fsp3) is 0.792. The summed E-state index contributed by atoms with van der Waals surface area (Å²) in [6.45, 7) is 14.3. The first-order valence-electron chi connectivity index (χ1n) is 13.7. The summed E-state index contributed by atoms with van der Waals surface area (Å²) in [6.07, 6.45) is 2.15. The molecule has 14 nitrogen and oxygen atoms in total. The second-order valence-electron chi connectivity index (χ2n) is 9.22. The van der Waals surface area contributed by atoms with E-state index in [9.17, 15) is 14.4 Å².